The van der Waals surface area contributed by atoms with E-state index < -0.39 is 11.7 Å². The Morgan fingerprint density at radius 3 is 2.61 bits per heavy atom. The summed E-state index contributed by atoms with van der Waals surface area (Å²) in [7, 11) is 1.77. The number of H-pyrrole nitrogens is 1. The van der Waals surface area contributed by atoms with Crippen LogP contribution in [0.25, 0.3) is 11.3 Å². The van der Waals surface area contributed by atoms with Crippen molar-refractivity contribution in [2.75, 3.05) is 13.6 Å². The number of aromatic amines is 1. The highest BCUT2D eigenvalue weighted by atomic mass is 32.1. The molecule has 1 aliphatic heterocycles. The lowest BCUT2D eigenvalue weighted by Crippen LogP contribution is -2.41. The highest BCUT2D eigenvalue weighted by Gasteiger charge is 2.30. The van der Waals surface area contributed by atoms with Gasteiger partial charge in [0.1, 0.15) is 0 Å². The first-order valence-electron chi connectivity index (χ1n) is 7.10. The van der Waals surface area contributed by atoms with Gasteiger partial charge in [0.25, 0.3) is 0 Å². The van der Waals surface area contributed by atoms with E-state index in [2.05, 4.69) is 15.5 Å². The maximum absolute atomic E-state index is 12.7. The van der Waals surface area contributed by atoms with Crippen molar-refractivity contribution in [1.29, 1.82) is 0 Å². The zero-order chi connectivity index (χ0) is 16.6. The minimum Gasteiger partial charge on any atom is -0.366 e. The van der Waals surface area contributed by atoms with Crippen molar-refractivity contribution < 1.29 is 13.2 Å². The molecule has 0 saturated carbocycles. The van der Waals surface area contributed by atoms with Crippen LogP contribution in [0, 0.1) is 0 Å². The van der Waals surface area contributed by atoms with Gasteiger partial charge >= 0.3 is 6.18 Å². The molecular formula is C15H15F3N4S. The number of fused-ring (bicyclic) bond motifs is 1. The summed E-state index contributed by atoms with van der Waals surface area (Å²) in [4.78, 5) is 2.01. The number of nitrogens with zero attached hydrogens (tertiary/aromatic N) is 2. The molecule has 1 aliphatic rings. The average molecular weight is 340 g/mol. The van der Waals surface area contributed by atoms with E-state index in [0.717, 1.165) is 36.4 Å². The molecule has 0 spiro atoms. The number of nitrogens with one attached hydrogen (secondary N) is 2. The third-order valence-electron chi connectivity index (χ3n) is 3.92. The first-order chi connectivity index (χ1) is 10.9. The fourth-order valence-electron chi connectivity index (χ4n) is 2.68. The van der Waals surface area contributed by atoms with E-state index in [0.29, 0.717) is 22.9 Å². The summed E-state index contributed by atoms with van der Waals surface area (Å²) < 4.78 is 38.0. The van der Waals surface area contributed by atoms with Gasteiger partial charge in [-0.1, -0.05) is 12.1 Å². The standard InChI is InChI=1S/C15H15F3N4S/c1-19-14(23)22-7-6-12-11(8-22)13(21-20-12)9-2-4-10(5-3-9)15(16,17)18/h2-5H,6-8H2,1H3,(H,19,23)(H,20,21). The van der Waals surface area contributed by atoms with E-state index in [1.807, 2.05) is 4.90 Å². The third-order valence-corrected chi connectivity index (χ3v) is 4.38. The lowest BCUT2D eigenvalue weighted by molar-refractivity contribution is -0.137. The molecule has 0 fully saturated rings. The van der Waals surface area contributed by atoms with E-state index in [1.165, 1.54) is 12.1 Å². The molecule has 0 aliphatic carbocycles. The first kappa shape index (κ1) is 15.8. The van der Waals surface area contributed by atoms with E-state index in [1.54, 1.807) is 7.05 Å². The molecule has 1 aromatic heterocycles. The Bertz CT molecular complexity index is 721. The Labute approximate surface area is 136 Å². The van der Waals surface area contributed by atoms with Gasteiger partial charge in [-0.05, 0) is 24.4 Å². The topological polar surface area (TPSA) is 44.0 Å². The van der Waals surface area contributed by atoms with Crippen LogP contribution in [0.3, 0.4) is 0 Å². The molecule has 2 N–H and O–H groups in total. The number of hydrogen-bond donors (Lipinski definition) is 2. The minimum atomic E-state index is -4.33. The van der Waals surface area contributed by atoms with Gasteiger partial charge in [-0.25, -0.2) is 0 Å². The Kier molecular flexibility index (Phi) is 4.01. The summed E-state index contributed by atoms with van der Waals surface area (Å²) in [5, 5.41) is 10.9. The zero-order valence-corrected chi connectivity index (χ0v) is 13.2. The van der Waals surface area contributed by atoms with Crippen LogP contribution < -0.4 is 5.32 Å². The van der Waals surface area contributed by atoms with Gasteiger partial charge < -0.3 is 10.2 Å². The van der Waals surface area contributed by atoms with Crippen LogP contribution in [-0.2, 0) is 19.1 Å². The maximum atomic E-state index is 12.7. The molecule has 0 radical (unpaired) electrons. The number of benzene rings is 1. The number of thiocarbonyl (C=S) groups is 1. The Morgan fingerprint density at radius 1 is 1.30 bits per heavy atom. The number of aromatic nitrogens is 2. The van der Waals surface area contributed by atoms with Gasteiger partial charge in [0.15, 0.2) is 5.11 Å². The molecule has 0 saturated heterocycles. The maximum Gasteiger partial charge on any atom is 0.416 e. The van der Waals surface area contributed by atoms with Gasteiger partial charge in [-0.2, -0.15) is 18.3 Å². The lowest BCUT2D eigenvalue weighted by Gasteiger charge is -2.29. The van der Waals surface area contributed by atoms with Crippen LogP contribution in [0.15, 0.2) is 24.3 Å². The van der Waals surface area contributed by atoms with Crippen LogP contribution in [0.1, 0.15) is 16.8 Å². The van der Waals surface area contributed by atoms with Crippen LogP contribution in [0.2, 0.25) is 0 Å². The molecular weight excluding hydrogens is 325 g/mol. The van der Waals surface area contributed by atoms with Crippen LogP contribution >= 0.6 is 12.2 Å². The molecule has 2 aromatic rings. The number of alkyl halides is 3. The van der Waals surface area contributed by atoms with Gasteiger partial charge in [-0.15, -0.1) is 0 Å². The third kappa shape index (κ3) is 3.03. The molecule has 8 heteroatoms. The van der Waals surface area contributed by atoms with E-state index in [9.17, 15) is 13.2 Å². The summed E-state index contributed by atoms with van der Waals surface area (Å²) in [6.45, 7) is 1.36. The number of rotatable bonds is 1. The quantitative estimate of drug-likeness (QED) is 0.784. The Balaban J connectivity index is 1.91. The predicted molar refractivity (Wildman–Crippen MR) is 84.8 cm³/mol. The van der Waals surface area contributed by atoms with Gasteiger partial charge in [0.05, 0.1) is 11.3 Å². The predicted octanol–water partition coefficient (Wildman–Crippen LogP) is 2.96. The molecule has 122 valence electrons. The minimum absolute atomic E-state index is 0.585. The van der Waals surface area contributed by atoms with Crippen molar-refractivity contribution in [1.82, 2.24) is 20.4 Å². The molecule has 0 bridgehead atoms. The van der Waals surface area contributed by atoms with Crippen molar-refractivity contribution in [2.24, 2.45) is 0 Å². The van der Waals surface area contributed by atoms with Gasteiger partial charge in [0.2, 0.25) is 0 Å². The molecule has 1 aromatic carbocycles. The molecule has 23 heavy (non-hydrogen) atoms. The van der Waals surface area contributed by atoms with Crippen molar-refractivity contribution in [3.63, 3.8) is 0 Å². The molecule has 0 unspecified atom stereocenters. The van der Waals surface area contributed by atoms with Crippen LogP contribution in [0.4, 0.5) is 13.2 Å². The molecule has 0 amide bonds. The lowest BCUT2D eigenvalue weighted by atomic mass is 10.0. The molecule has 0 atom stereocenters. The van der Waals surface area contributed by atoms with Crippen molar-refractivity contribution in [2.45, 2.75) is 19.1 Å². The van der Waals surface area contributed by atoms with Crippen molar-refractivity contribution in [3.05, 3.63) is 41.1 Å². The second-order valence-corrected chi connectivity index (χ2v) is 5.72. The normalized spacial score (nSPS) is 14.5. The Morgan fingerprint density at radius 2 is 2.00 bits per heavy atom. The van der Waals surface area contributed by atoms with Crippen molar-refractivity contribution >= 4 is 17.3 Å². The summed E-state index contributed by atoms with van der Waals surface area (Å²) >= 11 is 5.26. The smallest absolute Gasteiger partial charge is 0.366 e. The molecule has 3 rings (SSSR count). The van der Waals surface area contributed by atoms with Crippen molar-refractivity contribution in [3.8, 4) is 11.3 Å². The number of hydrogen-bond acceptors (Lipinski definition) is 2. The van der Waals surface area contributed by atoms with E-state index >= 15 is 0 Å². The summed E-state index contributed by atoms with van der Waals surface area (Å²) in [6.07, 6.45) is -3.57. The second-order valence-electron chi connectivity index (χ2n) is 5.33. The molecule has 4 nitrogen and oxygen atoms in total. The molecule has 2 heterocycles. The largest absolute Gasteiger partial charge is 0.416 e. The van der Waals surface area contributed by atoms with Crippen LogP contribution in [-0.4, -0.2) is 33.8 Å². The SMILES string of the molecule is CNC(=S)N1CCc2[nH]nc(-c3ccc(C(F)(F)F)cc3)c2C1. The van der Waals surface area contributed by atoms with Gasteiger partial charge in [-0.3, -0.25) is 5.10 Å². The van der Waals surface area contributed by atoms with E-state index in [-0.39, 0.29) is 0 Å². The highest BCUT2D eigenvalue weighted by molar-refractivity contribution is 7.80. The average Bonchev–Trinajstić information content (AvgIpc) is 2.96. The highest BCUT2D eigenvalue weighted by Crippen LogP contribution is 2.33. The fourth-order valence-corrected chi connectivity index (χ4v) is 2.84. The second kappa shape index (κ2) is 5.84. The Hall–Kier alpha value is -2.09. The summed E-state index contributed by atoms with van der Waals surface area (Å²) in [6, 6.07) is 5.06. The zero-order valence-electron chi connectivity index (χ0n) is 12.4. The first-order valence-corrected chi connectivity index (χ1v) is 7.51. The van der Waals surface area contributed by atoms with Crippen LogP contribution in [0.5, 0.6) is 0 Å². The van der Waals surface area contributed by atoms with Gasteiger partial charge in [0, 0.05) is 43.4 Å². The summed E-state index contributed by atoms with van der Waals surface area (Å²) in [5.41, 5.74) is 2.66. The number of halogens is 3. The monoisotopic (exact) mass is 340 g/mol. The van der Waals surface area contributed by atoms with E-state index in [4.69, 9.17) is 12.2 Å². The fraction of sp³-hybridized carbons (Fsp3) is 0.333. The summed E-state index contributed by atoms with van der Waals surface area (Å²) in [5.74, 6) is 0.